The summed E-state index contributed by atoms with van der Waals surface area (Å²) < 4.78 is 38.8. The highest BCUT2D eigenvalue weighted by Gasteiger charge is 2.22. The smallest absolute Gasteiger partial charge is 0.175 e. The maximum Gasteiger partial charge on any atom is 0.175 e. The zero-order valence-corrected chi connectivity index (χ0v) is 16.8. The molecule has 3 aromatic carbocycles. The first kappa shape index (κ1) is 19.6. The van der Waals surface area contributed by atoms with Crippen LogP contribution in [-0.4, -0.2) is 24.5 Å². The van der Waals surface area contributed by atoms with Gasteiger partial charge in [-0.25, -0.2) is 17.5 Å². The van der Waals surface area contributed by atoms with E-state index in [1.807, 2.05) is 30.3 Å². The molecule has 0 radical (unpaired) electrons. The highest BCUT2D eigenvalue weighted by Crippen LogP contribution is 2.37. The Kier molecular flexibility index (Phi) is 4.94. The standard InChI is InChI=1S/C23H16FN3O2S/c1-30(28,29)20-13-9-17(10-14-20)23-22(16-7-11-18(24)12-8-16)21(15-25)26-27(23)19-5-3-2-4-6-19/h2-14H,1H3. The summed E-state index contributed by atoms with van der Waals surface area (Å²) in [5.41, 5.74) is 3.41. The first-order valence-corrected chi connectivity index (χ1v) is 10.9. The predicted octanol–water partition coefficient (Wildman–Crippen LogP) is 4.62. The summed E-state index contributed by atoms with van der Waals surface area (Å²) in [5.74, 6) is -0.383. The number of rotatable bonds is 4. The van der Waals surface area contributed by atoms with Crippen molar-refractivity contribution in [2.45, 2.75) is 4.90 Å². The van der Waals surface area contributed by atoms with Gasteiger partial charge < -0.3 is 0 Å². The summed E-state index contributed by atoms with van der Waals surface area (Å²) in [6.45, 7) is 0. The van der Waals surface area contributed by atoms with Crippen LogP contribution in [0, 0.1) is 17.1 Å². The Bertz CT molecular complexity index is 1350. The number of nitriles is 1. The minimum Gasteiger partial charge on any atom is -0.231 e. The molecular formula is C23H16FN3O2S. The van der Waals surface area contributed by atoms with E-state index in [0.717, 1.165) is 11.9 Å². The lowest BCUT2D eigenvalue weighted by molar-refractivity contribution is 0.602. The highest BCUT2D eigenvalue weighted by molar-refractivity contribution is 7.90. The van der Waals surface area contributed by atoms with Crippen LogP contribution in [0.25, 0.3) is 28.1 Å². The van der Waals surface area contributed by atoms with Gasteiger partial charge in [-0.15, -0.1) is 0 Å². The molecule has 0 saturated carbocycles. The second kappa shape index (κ2) is 7.58. The Morgan fingerprint density at radius 1 is 0.900 bits per heavy atom. The van der Waals surface area contributed by atoms with Crippen molar-refractivity contribution >= 4 is 9.84 Å². The molecule has 0 bridgehead atoms. The van der Waals surface area contributed by atoms with Gasteiger partial charge in [0.15, 0.2) is 15.5 Å². The molecular weight excluding hydrogens is 401 g/mol. The van der Waals surface area contributed by atoms with Gasteiger partial charge in [0.1, 0.15) is 11.9 Å². The zero-order valence-electron chi connectivity index (χ0n) is 15.9. The normalized spacial score (nSPS) is 11.2. The van der Waals surface area contributed by atoms with E-state index in [2.05, 4.69) is 11.2 Å². The first-order valence-electron chi connectivity index (χ1n) is 9.03. The van der Waals surface area contributed by atoms with Crippen LogP contribution in [0.1, 0.15) is 5.69 Å². The zero-order chi connectivity index (χ0) is 21.3. The molecule has 0 fully saturated rings. The fraction of sp³-hybridized carbons (Fsp3) is 0.0435. The monoisotopic (exact) mass is 417 g/mol. The number of para-hydroxylation sites is 1. The van der Waals surface area contributed by atoms with Gasteiger partial charge in [0, 0.05) is 17.4 Å². The Labute approximate surface area is 173 Å². The van der Waals surface area contributed by atoms with Crippen LogP contribution in [0.15, 0.2) is 83.8 Å². The molecule has 0 atom stereocenters. The van der Waals surface area contributed by atoms with Crippen molar-refractivity contribution in [1.82, 2.24) is 9.78 Å². The number of halogens is 1. The molecule has 1 aromatic heterocycles. The Morgan fingerprint density at radius 3 is 2.07 bits per heavy atom. The fourth-order valence-electron chi connectivity index (χ4n) is 3.27. The molecule has 7 heteroatoms. The van der Waals surface area contributed by atoms with E-state index in [1.165, 1.54) is 24.3 Å². The Hall–Kier alpha value is -3.76. The number of sulfone groups is 1. The van der Waals surface area contributed by atoms with E-state index < -0.39 is 9.84 Å². The molecule has 0 aliphatic heterocycles. The van der Waals surface area contributed by atoms with Crippen LogP contribution in [0.3, 0.4) is 0 Å². The van der Waals surface area contributed by atoms with Crippen LogP contribution < -0.4 is 0 Å². The lowest BCUT2D eigenvalue weighted by Crippen LogP contribution is -2.00. The number of aromatic nitrogens is 2. The van der Waals surface area contributed by atoms with Crippen LogP contribution in [0.2, 0.25) is 0 Å². The minimum absolute atomic E-state index is 0.188. The number of benzene rings is 3. The van der Waals surface area contributed by atoms with Gasteiger partial charge in [-0.2, -0.15) is 10.4 Å². The number of hydrogen-bond donors (Lipinski definition) is 0. The van der Waals surface area contributed by atoms with Crippen molar-refractivity contribution in [3.05, 3.63) is 90.4 Å². The summed E-state index contributed by atoms with van der Waals surface area (Å²) in [6, 6.07) is 23.7. The SMILES string of the molecule is CS(=O)(=O)c1ccc(-c2c(-c3ccc(F)cc3)c(C#N)nn2-c2ccccc2)cc1. The Morgan fingerprint density at radius 2 is 1.50 bits per heavy atom. The largest absolute Gasteiger partial charge is 0.231 e. The van der Waals surface area contributed by atoms with Crippen molar-refractivity contribution in [3.63, 3.8) is 0 Å². The predicted molar refractivity (Wildman–Crippen MR) is 112 cm³/mol. The molecule has 1 heterocycles. The molecule has 0 aliphatic carbocycles. The third kappa shape index (κ3) is 3.61. The maximum absolute atomic E-state index is 13.5. The van der Waals surface area contributed by atoms with Crippen molar-refractivity contribution < 1.29 is 12.8 Å². The summed E-state index contributed by atoms with van der Waals surface area (Å²) in [7, 11) is -3.35. The van der Waals surface area contributed by atoms with Gasteiger partial charge in [0.05, 0.1) is 16.3 Å². The van der Waals surface area contributed by atoms with Crippen molar-refractivity contribution in [3.8, 4) is 34.1 Å². The van der Waals surface area contributed by atoms with E-state index >= 15 is 0 Å². The fourth-order valence-corrected chi connectivity index (χ4v) is 3.90. The molecule has 4 rings (SSSR count). The Balaban J connectivity index is 2.02. The van der Waals surface area contributed by atoms with Gasteiger partial charge in [-0.05, 0) is 42.0 Å². The summed E-state index contributed by atoms with van der Waals surface area (Å²) in [6.07, 6.45) is 1.15. The molecule has 0 amide bonds. The summed E-state index contributed by atoms with van der Waals surface area (Å²) >= 11 is 0. The second-order valence-electron chi connectivity index (χ2n) is 6.73. The third-order valence-corrected chi connectivity index (χ3v) is 5.81. The summed E-state index contributed by atoms with van der Waals surface area (Å²) in [4.78, 5) is 0.195. The van der Waals surface area contributed by atoms with Gasteiger partial charge in [0.2, 0.25) is 0 Å². The van der Waals surface area contributed by atoms with E-state index in [9.17, 15) is 18.1 Å². The molecule has 4 aromatic rings. The molecule has 30 heavy (non-hydrogen) atoms. The molecule has 148 valence electrons. The third-order valence-electron chi connectivity index (χ3n) is 4.68. The topological polar surface area (TPSA) is 75.8 Å². The minimum atomic E-state index is -3.35. The van der Waals surface area contributed by atoms with Crippen molar-refractivity contribution in [1.29, 1.82) is 5.26 Å². The van der Waals surface area contributed by atoms with E-state index in [0.29, 0.717) is 22.4 Å². The van der Waals surface area contributed by atoms with Crippen LogP contribution >= 0.6 is 0 Å². The molecule has 0 saturated heterocycles. The molecule has 0 N–H and O–H groups in total. The van der Waals surface area contributed by atoms with Crippen LogP contribution in [0.4, 0.5) is 4.39 Å². The number of hydrogen-bond acceptors (Lipinski definition) is 4. The van der Waals surface area contributed by atoms with Gasteiger partial charge in [-0.1, -0.05) is 42.5 Å². The van der Waals surface area contributed by atoms with E-state index in [4.69, 9.17) is 0 Å². The summed E-state index contributed by atoms with van der Waals surface area (Å²) in [5, 5.41) is 14.2. The van der Waals surface area contributed by atoms with E-state index in [-0.39, 0.29) is 16.4 Å². The first-order chi connectivity index (χ1) is 14.4. The second-order valence-corrected chi connectivity index (χ2v) is 8.75. The molecule has 0 aliphatic rings. The average Bonchev–Trinajstić information content (AvgIpc) is 3.14. The van der Waals surface area contributed by atoms with Gasteiger partial charge in [0.25, 0.3) is 0 Å². The van der Waals surface area contributed by atoms with Gasteiger partial charge >= 0.3 is 0 Å². The van der Waals surface area contributed by atoms with Crippen LogP contribution in [0.5, 0.6) is 0 Å². The molecule has 0 unspecified atom stereocenters. The quantitative estimate of drug-likeness (QED) is 0.486. The van der Waals surface area contributed by atoms with Crippen molar-refractivity contribution in [2.24, 2.45) is 0 Å². The molecule has 0 spiro atoms. The van der Waals surface area contributed by atoms with Gasteiger partial charge in [-0.3, -0.25) is 0 Å². The van der Waals surface area contributed by atoms with Crippen LogP contribution in [-0.2, 0) is 9.84 Å². The lowest BCUT2D eigenvalue weighted by Gasteiger charge is -2.11. The van der Waals surface area contributed by atoms with Crippen molar-refractivity contribution in [2.75, 3.05) is 6.26 Å². The van der Waals surface area contributed by atoms with E-state index in [1.54, 1.807) is 28.9 Å². The highest BCUT2D eigenvalue weighted by atomic mass is 32.2. The lowest BCUT2D eigenvalue weighted by atomic mass is 9.99. The maximum atomic E-state index is 13.5. The average molecular weight is 417 g/mol. The number of nitrogens with zero attached hydrogens (tertiary/aromatic N) is 3. The molecule has 5 nitrogen and oxygen atoms in total.